The number of hydrogen-bond donors (Lipinski definition) is 0. The first-order valence-corrected chi connectivity index (χ1v) is 6.86. The molecule has 0 aromatic rings. The third-order valence-electron chi connectivity index (χ3n) is 5.47. The van der Waals surface area contributed by atoms with Crippen LogP contribution in [0.5, 0.6) is 0 Å². The number of allylic oxidation sites excluding steroid dienone is 1. The maximum Gasteiger partial charge on any atom is 0.311 e. The maximum absolute atomic E-state index is 11.8. The molecular formula is C15H20O2. The third kappa shape index (κ3) is 1.14. The third-order valence-corrected chi connectivity index (χ3v) is 5.47. The van der Waals surface area contributed by atoms with Gasteiger partial charge < -0.3 is 4.74 Å². The Kier molecular flexibility index (Phi) is 1.66. The van der Waals surface area contributed by atoms with Gasteiger partial charge in [0, 0.05) is 0 Å². The normalized spacial score (nSPS) is 48.3. The lowest BCUT2D eigenvalue weighted by Gasteiger charge is -2.19. The van der Waals surface area contributed by atoms with Gasteiger partial charge in [-0.2, -0.15) is 0 Å². The minimum absolute atomic E-state index is 0.0686. The quantitative estimate of drug-likeness (QED) is 0.540. The zero-order chi connectivity index (χ0) is 11.9. The Morgan fingerprint density at radius 2 is 2.12 bits per heavy atom. The highest BCUT2D eigenvalue weighted by Gasteiger charge is 2.75. The molecule has 4 saturated carbocycles. The number of esters is 1. The van der Waals surface area contributed by atoms with Crippen molar-refractivity contribution < 1.29 is 9.53 Å². The maximum atomic E-state index is 11.8. The zero-order valence-electron chi connectivity index (χ0n) is 10.8. The van der Waals surface area contributed by atoms with E-state index in [0.29, 0.717) is 6.61 Å². The fourth-order valence-electron chi connectivity index (χ4n) is 4.84. The highest BCUT2D eigenvalue weighted by molar-refractivity contribution is 5.75. The summed E-state index contributed by atoms with van der Waals surface area (Å²) in [6.07, 6.45) is 3.90. The van der Waals surface area contributed by atoms with Crippen molar-refractivity contribution in [3.8, 4) is 0 Å². The molecule has 0 aliphatic heterocycles. The van der Waals surface area contributed by atoms with Crippen LogP contribution >= 0.6 is 0 Å². The molecule has 2 heteroatoms. The van der Waals surface area contributed by atoms with Gasteiger partial charge in [-0.25, -0.2) is 0 Å². The number of carbonyl (C=O) groups excluding carboxylic acids is 1. The van der Waals surface area contributed by atoms with Gasteiger partial charge in [-0.05, 0) is 68.3 Å². The molecule has 0 saturated heterocycles. The fraction of sp³-hybridized carbons (Fsp3) is 0.800. The van der Waals surface area contributed by atoms with Gasteiger partial charge in [0.1, 0.15) is 6.61 Å². The Morgan fingerprint density at radius 3 is 2.65 bits per heavy atom. The van der Waals surface area contributed by atoms with E-state index in [2.05, 4.69) is 6.08 Å². The fourth-order valence-corrected chi connectivity index (χ4v) is 4.84. The van der Waals surface area contributed by atoms with Crippen LogP contribution in [0, 0.1) is 40.9 Å². The van der Waals surface area contributed by atoms with Crippen LogP contribution in [0.25, 0.3) is 0 Å². The monoisotopic (exact) mass is 232 g/mol. The van der Waals surface area contributed by atoms with Crippen LogP contribution in [-0.4, -0.2) is 12.6 Å². The van der Waals surface area contributed by atoms with E-state index >= 15 is 0 Å². The molecule has 6 atom stereocenters. The Labute approximate surface area is 102 Å². The van der Waals surface area contributed by atoms with Crippen LogP contribution in [0.2, 0.25) is 0 Å². The summed E-state index contributed by atoms with van der Waals surface area (Å²) in [5.74, 6) is 5.58. The van der Waals surface area contributed by atoms with Gasteiger partial charge in [-0.15, -0.1) is 0 Å². The van der Waals surface area contributed by atoms with Crippen molar-refractivity contribution in [1.82, 2.24) is 0 Å². The van der Waals surface area contributed by atoms with Crippen molar-refractivity contribution in [1.29, 1.82) is 0 Å². The van der Waals surface area contributed by atoms with E-state index in [1.807, 2.05) is 20.8 Å². The molecule has 2 nitrogen and oxygen atoms in total. The lowest BCUT2D eigenvalue weighted by molar-refractivity contribution is -0.152. The van der Waals surface area contributed by atoms with Crippen LogP contribution in [0.1, 0.15) is 27.2 Å². The van der Waals surface area contributed by atoms with Crippen molar-refractivity contribution in [2.24, 2.45) is 40.9 Å². The molecule has 0 aromatic carbocycles. The SMILES string of the molecule is CC(C)(C)C(=O)OCC1=C[C@H]2[C@@H]3C[C@@H]4[C@H]2[C@@H]4[C@H]13. The summed E-state index contributed by atoms with van der Waals surface area (Å²) >= 11 is 0. The topological polar surface area (TPSA) is 26.3 Å². The minimum atomic E-state index is -0.373. The summed E-state index contributed by atoms with van der Waals surface area (Å²) < 4.78 is 5.47. The molecule has 0 aromatic heterocycles. The molecule has 5 aliphatic rings. The molecule has 0 spiro atoms. The predicted molar refractivity (Wildman–Crippen MR) is 64.1 cm³/mol. The predicted octanol–water partition coefficient (Wildman–Crippen LogP) is 2.64. The van der Waals surface area contributed by atoms with Crippen molar-refractivity contribution in [3.63, 3.8) is 0 Å². The van der Waals surface area contributed by atoms with Crippen molar-refractivity contribution in [2.75, 3.05) is 6.61 Å². The first-order chi connectivity index (χ1) is 7.98. The average Bonchev–Trinajstić information content (AvgIpc) is 2.63. The van der Waals surface area contributed by atoms with Crippen LogP contribution in [-0.2, 0) is 9.53 Å². The van der Waals surface area contributed by atoms with E-state index in [4.69, 9.17) is 4.74 Å². The Balaban J connectivity index is 1.43. The number of carbonyl (C=O) groups is 1. The number of rotatable bonds is 2. The van der Waals surface area contributed by atoms with Gasteiger partial charge >= 0.3 is 5.97 Å². The van der Waals surface area contributed by atoms with Crippen LogP contribution in [0.3, 0.4) is 0 Å². The molecule has 17 heavy (non-hydrogen) atoms. The minimum Gasteiger partial charge on any atom is -0.461 e. The number of hydrogen-bond acceptors (Lipinski definition) is 2. The van der Waals surface area contributed by atoms with Crippen LogP contribution in [0.4, 0.5) is 0 Å². The van der Waals surface area contributed by atoms with Crippen LogP contribution < -0.4 is 0 Å². The lowest BCUT2D eigenvalue weighted by Crippen LogP contribution is -2.24. The molecule has 5 aliphatic carbocycles. The van der Waals surface area contributed by atoms with Gasteiger partial charge in [0.2, 0.25) is 0 Å². The average molecular weight is 232 g/mol. The highest BCUT2D eigenvalue weighted by Crippen LogP contribution is 2.80. The largest absolute Gasteiger partial charge is 0.461 e. The highest BCUT2D eigenvalue weighted by atomic mass is 16.5. The summed E-state index contributed by atoms with van der Waals surface area (Å²) in [6.45, 7) is 6.30. The molecule has 5 rings (SSSR count). The molecule has 0 N–H and O–H groups in total. The second kappa shape index (κ2) is 2.78. The molecule has 4 fully saturated rings. The van der Waals surface area contributed by atoms with Crippen LogP contribution in [0.15, 0.2) is 11.6 Å². The second-order valence-corrected chi connectivity index (χ2v) is 7.39. The van der Waals surface area contributed by atoms with Crippen molar-refractivity contribution >= 4 is 5.97 Å². The first-order valence-electron chi connectivity index (χ1n) is 6.86. The van der Waals surface area contributed by atoms with Gasteiger partial charge in [0.05, 0.1) is 5.41 Å². The van der Waals surface area contributed by atoms with E-state index in [9.17, 15) is 4.79 Å². The second-order valence-electron chi connectivity index (χ2n) is 7.39. The standard InChI is InChI=1S/C15H20O2/c1-15(2,3)14(16)17-6-7-4-8-9-5-10-12(8)13(10)11(7)9/h4,8-13H,5-6H2,1-3H3/t8-,9-,10+,11+,12-,13-/m0/s1. The van der Waals surface area contributed by atoms with E-state index < -0.39 is 0 Å². The summed E-state index contributed by atoms with van der Waals surface area (Å²) in [4.78, 5) is 11.8. The Morgan fingerprint density at radius 1 is 1.35 bits per heavy atom. The summed E-state index contributed by atoms with van der Waals surface area (Å²) in [7, 11) is 0. The van der Waals surface area contributed by atoms with E-state index in [1.54, 1.807) is 0 Å². The summed E-state index contributed by atoms with van der Waals surface area (Å²) in [5.41, 5.74) is 1.07. The van der Waals surface area contributed by atoms with Gasteiger partial charge in [0.25, 0.3) is 0 Å². The van der Waals surface area contributed by atoms with Crippen molar-refractivity contribution in [3.05, 3.63) is 11.6 Å². The van der Waals surface area contributed by atoms with E-state index in [-0.39, 0.29) is 11.4 Å². The Bertz CT molecular complexity index is 429. The molecule has 6 bridgehead atoms. The molecule has 0 radical (unpaired) electrons. The molecule has 0 unspecified atom stereocenters. The molecule has 0 amide bonds. The summed E-state index contributed by atoms with van der Waals surface area (Å²) in [5, 5.41) is 0. The first kappa shape index (κ1) is 10.2. The lowest BCUT2D eigenvalue weighted by atomic mass is 9.94. The van der Waals surface area contributed by atoms with Gasteiger partial charge in [-0.1, -0.05) is 6.08 Å². The summed E-state index contributed by atoms with van der Waals surface area (Å²) in [6, 6.07) is 0. The number of ether oxygens (including phenoxy) is 1. The van der Waals surface area contributed by atoms with Gasteiger partial charge in [0.15, 0.2) is 0 Å². The molecular weight excluding hydrogens is 212 g/mol. The van der Waals surface area contributed by atoms with Crippen molar-refractivity contribution in [2.45, 2.75) is 27.2 Å². The zero-order valence-corrected chi connectivity index (χ0v) is 10.8. The van der Waals surface area contributed by atoms with E-state index in [1.165, 1.54) is 12.0 Å². The van der Waals surface area contributed by atoms with E-state index in [0.717, 1.165) is 35.5 Å². The smallest absolute Gasteiger partial charge is 0.311 e. The Hall–Kier alpha value is -0.790. The molecule has 0 heterocycles. The molecule has 92 valence electrons. The van der Waals surface area contributed by atoms with Gasteiger partial charge in [-0.3, -0.25) is 4.79 Å².